The van der Waals surface area contributed by atoms with Gasteiger partial charge in [0.05, 0.1) is 0 Å². The van der Waals surface area contributed by atoms with Gasteiger partial charge in [0.25, 0.3) is 0 Å². The second kappa shape index (κ2) is 4.63. The molecule has 0 aliphatic heterocycles. The zero-order chi connectivity index (χ0) is 14.3. The van der Waals surface area contributed by atoms with Gasteiger partial charge in [0.2, 0.25) is 0 Å². The zero-order valence-corrected chi connectivity index (χ0v) is 12.8. The minimum Gasteiger partial charge on any atom is -0.0683 e. The highest BCUT2D eigenvalue weighted by Gasteiger charge is 2.21. The monoisotopic (exact) mass is 262 g/mol. The van der Waals surface area contributed by atoms with Crippen LogP contribution in [0.4, 0.5) is 0 Å². The summed E-state index contributed by atoms with van der Waals surface area (Å²) in [5.41, 5.74) is 8.68. The van der Waals surface area contributed by atoms with E-state index in [0.29, 0.717) is 0 Å². The van der Waals surface area contributed by atoms with E-state index in [-0.39, 0.29) is 5.41 Å². The molecular weight excluding hydrogens is 240 g/mol. The molecule has 0 saturated heterocycles. The number of hydrogen-bond acceptors (Lipinski definition) is 0. The van der Waals surface area contributed by atoms with Gasteiger partial charge in [-0.25, -0.2) is 0 Å². The number of hydrogen-bond donors (Lipinski definition) is 0. The summed E-state index contributed by atoms with van der Waals surface area (Å²) in [6.45, 7) is 9.10. The third-order valence-corrected chi connectivity index (χ3v) is 4.08. The third kappa shape index (κ3) is 2.31. The summed E-state index contributed by atoms with van der Waals surface area (Å²) in [4.78, 5) is 0. The fourth-order valence-electron chi connectivity index (χ4n) is 2.92. The molecule has 0 heteroatoms. The Labute approximate surface area is 122 Å². The van der Waals surface area contributed by atoms with Crippen molar-refractivity contribution >= 4 is 6.08 Å². The van der Waals surface area contributed by atoms with Crippen LogP contribution in [0.3, 0.4) is 0 Å². The van der Waals surface area contributed by atoms with Crippen LogP contribution in [0, 0.1) is 0 Å². The van der Waals surface area contributed by atoms with Crippen molar-refractivity contribution in [1.29, 1.82) is 0 Å². The molecule has 102 valence electrons. The predicted octanol–water partition coefficient (Wildman–Crippen LogP) is 5.61. The first-order chi connectivity index (χ1) is 9.45. The standard InChI is InChI=1S/C20H22/c1-14-10-16-12-17(20(2,3)4)13-19(18(16)11-14)15-8-6-5-7-9-15/h5-9,11-13H,10H2,1-4H3. The van der Waals surface area contributed by atoms with Gasteiger partial charge < -0.3 is 0 Å². The maximum Gasteiger partial charge on any atom is -0.00603 e. The average Bonchev–Trinajstić information content (AvgIpc) is 2.77. The molecule has 20 heavy (non-hydrogen) atoms. The van der Waals surface area contributed by atoms with E-state index in [4.69, 9.17) is 0 Å². The Hall–Kier alpha value is -1.82. The molecule has 0 atom stereocenters. The van der Waals surface area contributed by atoms with Gasteiger partial charge in [-0.1, -0.05) is 74.9 Å². The van der Waals surface area contributed by atoms with Crippen molar-refractivity contribution in [2.45, 2.75) is 39.5 Å². The largest absolute Gasteiger partial charge is 0.0683 e. The molecule has 2 aromatic rings. The summed E-state index contributed by atoms with van der Waals surface area (Å²) in [7, 11) is 0. The molecule has 0 nitrogen and oxygen atoms in total. The Morgan fingerprint density at radius 2 is 1.65 bits per heavy atom. The lowest BCUT2D eigenvalue weighted by Gasteiger charge is -2.22. The summed E-state index contributed by atoms with van der Waals surface area (Å²) in [5.74, 6) is 0. The molecule has 0 unspecified atom stereocenters. The van der Waals surface area contributed by atoms with E-state index < -0.39 is 0 Å². The maximum absolute atomic E-state index is 2.40. The van der Waals surface area contributed by atoms with E-state index in [2.05, 4.69) is 76.2 Å². The van der Waals surface area contributed by atoms with Gasteiger partial charge in [-0.3, -0.25) is 0 Å². The third-order valence-electron chi connectivity index (χ3n) is 4.08. The van der Waals surface area contributed by atoms with Crippen LogP contribution in [0.5, 0.6) is 0 Å². The van der Waals surface area contributed by atoms with Gasteiger partial charge in [-0.15, -0.1) is 0 Å². The highest BCUT2D eigenvalue weighted by molar-refractivity contribution is 5.81. The summed E-state index contributed by atoms with van der Waals surface area (Å²) in [5, 5.41) is 0. The second-order valence-corrected chi connectivity index (χ2v) is 6.88. The van der Waals surface area contributed by atoms with Crippen LogP contribution in [-0.4, -0.2) is 0 Å². The van der Waals surface area contributed by atoms with Gasteiger partial charge in [-0.2, -0.15) is 0 Å². The minimum atomic E-state index is 0.190. The lowest BCUT2D eigenvalue weighted by molar-refractivity contribution is 0.590. The molecule has 0 amide bonds. The second-order valence-electron chi connectivity index (χ2n) is 6.88. The number of benzene rings is 2. The van der Waals surface area contributed by atoms with Crippen LogP contribution in [-0.2, 0) is 11.8 Å². The van der Waals surface area contributed by atoms with Gasteiger partial charge in [0.1, 0.15) is 0 Å². The molecule has 0 heterocycles. The maximum atomic E-state index is 2.40. The van der Waals surface area contributed by atoms with Crippen LogP contribution < -0.4 is 0 Å². The number of fused-ring (bicyclic) bond motifs is 1. The van der Waals surface area contributed by atoms with Crippen molar-refractivity contribution in [3.63, 3.8) is 0 Å². The van der Waals surface area contributed by atoms with Crippen LogP contribution >= 0.6 is 0 Å². The molecule has 1 aliphatic carbocycles. The predicted molar refractivity (Wildman–Crippen MR) is 87.9 cm³/mol. The van der Waals surface area contributed by atoms with Gasteiger partial charge in [0.15, 0.2) is 0 Å². The van der Waals surface area contributed by atoms with Crippen molar-refractivity contribution in [2.24, 2.45) is 0 Å². The number of rotatable bonds is 1. The summed E-state index contributed by atoms with van der Waals surface area (Å²) < 4.78 is 0. The fraction of sp³-hybridized carbons (Fsp3) is 0.300. The molecule has 0 spiro atoms. The highest BCUT2D eigenvalue weighted by atomic mass is 14.3. The molecular formula is C20H22. The van der Waals surface area contributed by atoms with Crippen LogP contribution in [0.25, 0.3) is 17.2 Å². The molecule has 1 aliphatic rings. The van der Waals surface area contributed by atoms with E-state index in [1.165, 1.54) is 33.4 Å². The molecule has 0 radical (unpaired) electrons. The van der Waals surface area contributed by atoms with E-state index in [9.17, 15) is 0 Å². The Morgan fingerprint density at radius 3 is 2.30 bits per heavy atom. The minimum absolute atomic E-state index is 0.190. The Bertz CT molecular complexity index is 667. The summed E-state index contributed by atoms with van der Waals surface area (Å²) in [6.07, 6.45) is 3.45. The van der Waals surface area contributed by atoms with Crippen molar-refractivity contribution in [3.05, 3.63) is 64.7 Å². The first-order valence-electron chi connectivity index (χ1n) is 7.35. The zero-order valence-electron chi connectivity index (χ0n) is 12.8. The van der Waals surface area contributed by atoms with Crippen molar-refractivity contribution < 1.29 is 0 Å². The van der Waals surface area contributed by atoms with Crippen molar-refractivity contribution in [3.8, 4) is 11.1 Å². The summed E-state index contributed by atoms with van der Waals surface area (Å²) in [6, 6.07) is 15.5. The molecule has 3 rings (SSSR count). The average molecular weight is 262 g/mol. The molecule has 0 bridgehead atoms. The summed E-state index contributed by atoms with van der Waals surface area (Å²) >= 11 is 0. The fourth-order valence-corrected chi connectivity index (χ4v) is 2.92. The van der Waals surface area contributed by atoms with Crippen LogP contribution in [0.15, 0.2) is 48.0 Å². The highest BCUT2D eigenvalue weighted by Crippen LogP contribution is 2.38. The lowest BCUT2D eigenvalue weighted by atomic mass is 9.82. The van der Waals surface area contributed by atoms with Crippen LogP contribution in [0.2, 0.25) is 0 Å². The Balaban J connectivity index is 2.24. The quantitative estimate of drug-likeness (QED) is 0.626. The topological polar surface area (TPSA) is 0 Å². The van der Waals surface area contributed by atoms with E-state index in [0.717, 1.165) is 6.42 Å². The van der Waals surface area contributed by atoms with E-state index in [1.807, 2.05) is 0 Å². The molecule has 0 saturated carbocycles. The van der Waals surface area contributed by atoms with E-state index in [1.54, 1.807) is 0 Å². The van der Waals surface area contributed by atoms with Gasteiger partial charge in [0, 0.05) is 0 Å². The molecule has 2 aromatic carbocycles. The first-order valence-corrected chi connectivity index (χ1v) is 7.35. The normalized spacial score (nSPS) is 14.1. The van der Waals surface area contributed by atoms with Gasteiger partial charge >= 0.3 is 0 Å². The van der Waals surface area contributed by atoms with E-state index >= 15 is 0 Å². The number of allylic oxidation sites excluding steroid dienone is 1. The smallest absolute Gasteiger partial charge is 0.00603 e. The Kier molecular flexibility index (Phi) is 3.05. The molecule has 0 N–H and O–H groups in total. The van der Waals surface area contributed by atoms with Gasteiger partial charge in [-0.05, 0) is 46.6 Å². The van der Waals surface area contributed by atoms with Crippen molar-refractivity contribution in [1.82, 2.24) is 0 Å². The first kappa shape index (κ1) is 13.2. The van der Waals surface area contributed by atoms with Crippen LogP contribution in [0.1, 0.15) is 44.4 Å². The Morgan fingerprint density at radius 1 is 0.950 bits per heavy atom. The molecule has 0 fully saturated rings. The molecule has 0 aromatic heterocycles. The van der Waals surface area contributed by atoms with Crippen molar-refractivity contribution in [2.75, 3.05) is 0 Å². The SMILES string of the molecule is CC1=Cc2c(cc(C(C)(C)C)cc2-c2ccccc2)C1. The lowest BCUT2D eigenvalue weighted by Crippen LogP contribution is -2.12.